The van der Waals surface area contributed by atoms with Gasteiger partial charge in [-0.15, -0.1) is 0 Å². The number of hydrogen-bond acceptors (Lipinski definition) is 7. The molecule has 200 valence electrons. The Labute approximate surface area is 221 Å². The van der Waals surface area contributed by atoms with Gasteiger partial charge in [0.2, 0.25) is 10.0 Å². The summed E-state index contributed by atoms with van der Waals surface area (Å²) in [7, 11) is -2.37. The summed E-state index contributed by atoms with van der Waals surface area (Å²) in [5, 5.41) is 7.46. The van der Waals surface area contributed by atoms with Gasteiger partial charge in [0.05, 0.1) is 19.2 Å². The highest BCUT2D eigenvalue weighted by atomic mass is 32.2. The molecule has 0 atom stereocenters. The van der Waals surface area contributed by atoms with Gasteiger partial charge in [-0.3, -0.25) is 4.79 Å². The highest BCUT2D eigenvalue weighted by molar-refractivity contribution is 7.89. The van der Waals surface area contributed by atoms with E-state index >= 15 is 0 Å². The lowest BCUT2D eigenvalue weighted by Gasteiger charge is -2.26. The van der Waals surface area contributed by atoms with Gasteiger partial charge in [-0.25, -0.2) is 17.9 Å². The molecule has 0 spiro atoms. The smallest absolute Gasteiger partial charge is 0.272 e. The Morgan fingerprint density at radius 3 is 2.53 bits per heavy atom. The molecule has 4 aromatic rings. The number of amides is 1. The van der Waals surface area contributed by atoms with Crippen LogP contribution in [0, 0.1) is 20.8 Å². The highest BCUT2D eigenvalue weighted by Crippen LogP contribution is 2.36. The molecule has 0 saturated carbocycles. The fraction of sp³-hybridized carbons (Fsp3) is 0.370. The van der Waals surface area contributed by atoms with Gasteiger partial charge in [-0.05, 0) is 69.5 Å². The van der Waals surface area contributed by atoms with Crippen LogP contribution >= 0.6 is 0 Å². The van der Waals surface area contributed by atoms with E-state index in [1.807, 2.05) is 32.9 Å². The van der Waals surface area contributed by atoms with Crippen molar-refractivity contribution in [2.75, 3.05) is 20.2 Å². The Morgan fingerprint density at radius 1 is 1.08 bits per heavy atom. The first-order valence-corrected chi connectivity index (χ1v) is 14.0. The van der Waals surface area contributed by atoms with Crippen molar-refractivity contribution in [1.82, 2.24) is 24.2 Å². The number of fused-ring (bicyclic) bond motifs is 1. The third kappa shape index (κ3) is 4.79. The summed E-state index contributed by atoms with van der Waals surface area (Å²) in [5.41, 5.74) is 3.11. The molecule has 1 aromatic carbocycles. The molecule has 0 aliphatic carbocycles. The standard InChI is InChI=1S/C27H31N5O5S/c1-17-14-18(2)32-26(29-17)24(25(30-32)27(33)28-16-21-10-8-19(3)37-21)20-9-11-22(36-4)23(15-20)38(34,35)31-12-6-5-7-13-31/h8-11,14-15H,5-7,12-13,16H2,1-4H3,(H,28,33). The second-order valence-corrected chi connectivity index (χ2v) is 11.4. The second kappa shape index (κ2) is 10.2. The summed E-state index contributed by atoms with van der Waals surface area (Å²) in [6, 6.07) is 10.4. The highest BCUT2D eigenvalue weighted by Gasteiger charge is 2.31. The third-order valence-corrected chi connectivity index (χ3v) is 8.63. The SMILES string of the molecule is COc1ccc(-c2c(C(=O)NCc3ccc(C)o3)nn3c(C)cc(C)nc23)cc1S(=O)(=O)N1CCCCC1. The molecule has 1 aliphatic heterocycles. The zero-order valence-electron chi connectivity index (χ0n) is 21.9. The molecule has 0 unspecified atom stereocenters. The van der Waals surface area contributed by atoms with E-state index in [0.717, 1.165) is 36.4 Å². The maximum Gasteiger partial charge on any atom is 0.272 e. The Hall–Kier alpha value is -3.70. The molecule has 1 fully saturated rings. The Morgan fingerprint density at radius 2 is 1.84 bits per heavy atom. The lowest BCUT2D eigenvalue weighted by Crippen LogP contribution is -2.35. The quantitative estimate of drug-likeness (QED) is 0.378. The van der Waals surface area contributed by atoms with Crippen molar-refractivity contribution in [3.05, 3.63) is 65.0 Å². The summed E-state index contributed by atoms with van der Waals surface area (Å²) >= 11 is 0. The van der Waals surface area contributed by atoms with Crippen LogP contribution in [-0.2, 0) is 16.6 Å². The van der Waals surface area contributed by atoms with E-state index in [9.17, 15) is 13.2 Å². The molecule has 3 aromatic heterocycles. The van der Waals surface area contributed by atoms with Crippen molar-refractivity contribution in [3.8, 4) is 16.9 Å². The zero-order valence-corrected chi connectivity index (χ0v) is 22.8. The van der Waals surface area contributed by atoms with Crippen LogP contribution in [0.25, 0.3) is 16.8 Å². The predicted octanol–water partition coefficient (Wildman–Crippen LogP) is 4.03. The second-order valence-electron chi connectivity index (χ2n) is 9.52. The molecule has 1 aliphatic rings. The number of aryl methyl sites for hydroxylation is 3. The number of nitrogens with zero attached hydrogens (tertiary/aromatic N) is 4. The summed E-state index contributed by atoms with van der Waals surface area (Å²) in [6.45, 7) is 6.69. The van der Waals surface area contributed by atoms with Crippen molar-refractivity contribution in [1.29, 1.82) is 0 Å². The minimum atomic E-state index is -3.82. The van der Waals surface area contributed by atoms with Crippen LogP contribution in [0.3, 0.4) is 0 Å². The van der Waals surface area contributed by atoms with E-state index in [2.05, 4.69) is 15.4 Å². The lowest BCUT2D eigenvalue weighted by atomic mass is 10.0. The summed E-state index contributed by atoms with van der Waals surface area (Å²) in [4.78, 5) is 18.2. The topological polar surface area (TPSA) is 119 Å². The van der Waals surface area contributed by atoms with E-state index in [4.69, 9.17) is 9.15 Å². The van der Waals surface area contributed by atoms with Crippen molar-refractivity contribution >= 4 is 21.6 Å². The first-order valence-electron chi connectivity index (χ1n) is 12.6. The monoisotopic (exact) mass is 537 g/mol. The van der Waals surface area contributed by atoms with Crippen LogP contribution in [0.5, 0.6) is 5.75 Å². The number of nitrogens with one attached hydrogen (secondary N) is 1. The minimum absolute atomic E-state index is 0.0561. The van der Waals surface area contributed by atoms with Crippen molar-refractivity contribution in [2.24, 2.45) is 0 Å². The molecule has 0 bridgehead atoms. The van der Waals surface area contributed by atoms with Crippen LogP contribution in [-0.4, -0.2) is 53.4 Å². The summed E-state index contributed by atoms with van der Waals surface area (Å²) in [6.07, 6.45) is 2.64. The maximum atomic E-state index is 13.7. The van der Waals surface area contributed by atoms with E-state index in [1.165, 1.54) is 11.4 Å². The molecule has 0 radical (unpaired) electrons. The van der Waals surface area contributed by atoms with Gasteiger partial charge >= 0.3 is 0 Å². The first-order chi connectivity index (χ1) is 18.2. The number of aromatic nitrogens is 3. The molecule has 11 heteroatoms. The average Bonchev–Trinajstić information content (AvgIpc) is 3.51. The lowest BCUT2D eigenvalue weighted by molar-refractivity contribution is 0.0943. The van der Waals surface area contributed by atoms with Crippen molar-refractivity contribution in [2.45, 2.75) is 51.5 Å². The van der Waals surface area contributed by atoms with Gasteiger partial charge in [-0.2, -0.15) is 9.40 Å². The van der Waals surface area contributed by atoms with Gasteiger partial charge in [-0.1, -0.05) is 12.5 Å². The normalized spacial score (nSPS) is 14.6. The number of benzene rings is 1. The van der Waals surface area contributed by atoms with Gasteiger partial charge in [0.1, 0.15) is 22.2 Å². The molecular formula is C27H31N5O5S. The van der Waals surface area contributed by atoms with Crippen LogP contribution in [0.2, 0.25) is 0 Å². The van der Waals surface area contributed by atoms with Crippen LogP contribution in [0.4, 0.5) is 0 Å². The number of hydrogen-bond donors (Lipinski definition) is 1. The van der Waals surface area contributed by atoms with Crippen LogP contribution in [0.1, 0.15) is 52.7 Å². The number of sulfonamides is 1. The zero-order chi connectivity index (χ0) is 27.0. The fourth-order valence-electron chi connectivity index (χ4n) is 4.86. The molecule has 1 saturated heterocycles. The fourth-order valence-corrected chi connectivity index (χ4v) is 6.55. The van der Waals surface area contributed by atoms with Crippen LogP contribution in [0.15, 0.2) is 45.7 Å². The number of carbonyl (C=O) groups is 1. The molecule has 1 amide bonds. The number of carbonyl (C=O) groups excluding carboxylic acids is 1. The van der Waals surface area contributed by atoms with E-state index in [1.54, 1.807) is 28.8 Å². The maximum absolute atomic E-state index is 13.7. The molecular weight excluding hydrogens is 506 g/mol. The molecule has 4 heterocycles. The number of methoxy groups -OCH3 is 1. The van der Waals surface area contributed by atoms with E-state index < -0.39 is 15.9 Å². The minimum Gasteiger partial charge on any atom is -0.495 e. The largest absolute Gasteiger partial charge is 0.495 e. The van der Waals surface area contributed by atoms with Gasteiger partial charge < -0.3 is 14.5 Å². The average molecular weight is 538 g/mol. The molecule has 10 nitrogen and oxygen atoms in total. The number of ether oxygens (including phenoxy) is 1. The third-order valence-electron chi connectivity index (χ3n) is 6.71. The number of rotatable bonds is 7. The summed E-state index contributed by atoms with van der Waals surface area (Å²) < 4.78 is 41.5. The molecule has 1 N–H and O–H groups in total. The van der Waals surface area contributed by atoms with E-state index in [0.29, 0.717) is 35.6 Å². The molecule has 5 rings (SSSR count). The van der Waals surface area contributed by atoms with Crippen molar-refractivity contribution < 1.29 is 22.4 Å². The Kier molecular flexibility index (Phi) is 6.97. The Bertz CT molecular complexity index is 1620. The van der Waals surface area contributed by atoms with Crippen molar-refractivity contribution in [3.63, 3.8) is 0 Å². The Balaban J connectivity index is 1.64. The first kappa shape index (κ1) is 25.9. The summed E-state index contributed by atoms with van der Waals surface area (Å²) in [5.74, 6) is 1.19. The van der Waals surface area contributed by atoms with Gasteiger partial charge in [0.15, 0.2) is 11.3 Å². The number of piperidine rings is 1. The van der Waals surface area contributed by atoms with E-state index in [-0.39, 0.29) is 22.9 Å². The van der Waals surface area contributed by atoms with Gasteiger partial charge in [0.25, 0.3) is 5.91 Å². The predicted molar refractivity (Wildman–Crippen MR) is 142 cm³/mol. The number of furan rings is 1. The molecule has 38 heavy (non-hydrogen) atoms. The van der Waals surface area contributed by atoms with Gasteiger partial charge in [0, 0.05) is 24.5 Å². The van der Waals surface area contributed by atoms with Crippen LogP contribution < -0.4 is 10.1 Å².